The number of hydrogen-bond acceptors (Lipinski definition) is 3. The summed E-state index contributed by atoms with van der Waals surface area (Å²) < 4.78 is 1.76. The summed E-state index contributed by atoms with van der Waals surface area (Å²) in [7, 11) is 0. The van der Waals surface area contributed by atoms with Crippen LogP contribution < -0.4 is 0 Å². The van der Waals surface area contributed by atoms with Crippen molar-refractivity contribution in [2.75, 3.05) is 13.1 Å². The molecule has 1 aromatic heterocycles. The fraction of sp³-hybridized carbons (Fsp3) is 0.353. The zero-order valence-electron chi connectivity index (χ0n) is 13.3. The average molecular weight is 348 g/mol. The molecule has 6 nitrogen and oxygen atoms in total. The number of nitrogens with zero attached hydrogens (tertiary/aromatic N) is 3. The first-order chi connectivity index (χ1) is 11.5. The van der Waals surface area contributed by atoms with Crippen molar-refractivity contribution in [2.24, 2.45) is 0 Å². The standard InChI is InChI=1S/C17H18ClN3O3/c1-11-14(17(23)24)10-19-21(11)12-6-8-20(9-7-12)16(22)13-4-2-3-5-15(13)18/h2-5,10,12H,6-9H2,1H3,(H,23,24). The average Bonchev–Trinajstić information content (AvgIpc) is 2.96. The lowest BCUT2D eigenvalue weighted by Crippen LogP contribution is -2.39. The molecule has 0 saturated carbocycles. The number of hydrogen-bond donors (Lipinski definition) is 1. The van der Waals surface area contributed by atoms with E-state index < -0.39 is 5.97 Å². The zero-order valence-corrected chi connectivity index (χ0v) is 14.0. The summed E-state index contributed by atoms with van der Waals surface area (Å²) in [5, 5.41) is 13.8. The number of carboxylic acid groups (broad SMARTS) is 1. The van der Waals surface area contributed by atoms with E-state index in [1.54, 1.807) is 40.8 Å². The third-order valence-electron chi connectivity index (χ3n) is 4.48. The van der Waals surface area contributed by atoms with Crippen molar-refractivity contribution in [3.8, 4) is 0 Å². The fourth-order valence-electron chi connectivity index (χ4n) is 3.12. The number of halogens is 1. The fourth-order valence-corrected chi connectivity index (χ4v) is 3.34. The number of benzene rings is 1. The summed E-state index contributed by atoms with van der Waals surface area (Å²) in [5.41, 5.74) is 1.39. The Bertz CT molecular complexity index is 779. The normalized spacial score (nSPS) is 15.5. The van der Waals surface area contributed by atoms with Crippen molar-refractivity contribution in [3.63, 3.8) is 0 Å². The molecule has 0 radical (unpaired) electrons. The van der Waals surface area contributed by atoms with Crippen LogP contribution in [0.4, 0.5) is 0 Å². The summed E-state index contributed by atoms with van der Waals surface area (Å²) in [4.78, 5) is 25.5. The highest BCUT2D eigenvalue weighted by atomic mass is 35.5. The van der Waals surface area contributed by atoms with E-state index in [-0.39, 0.29) is 17.5 Å². The molecule has 3 rings (SSSR count). The van der Waals surface area contributed by atoms with E-state index in [0.29, 0.717) is 29.4 Å². The van der Waals surface area contributed by atoms with Gasteiger partial charge in [-0.25, -0.2) is 4.79 Å². The highest BCUT2D eigenvalue weighted by Crippen LogP contribution is 2.26. The molecule has 0 spiro atoms. The van der Waals surface area contributed by atoms with Crippen LogP contribution in [0.25, 0.3) is 0 Å². The number of carbonyl (C=O) groups is 2. The Balaban J connectivity index is 1.69. The first-order valence-electron chi connectivity index (χ1n) is 7.80. The number of rotatable bonds is 3. The molecule has 1 aromatic carbocycles. The van der Waals surface area contributed by atoms with Crippen LogP contribution in [0.3, 0.4) is 0 Å². The molecule has 126 valence electrons. The molecule has 2 aromatic rings. The van der Waals surface area contributed by atoms with Gasteiger partial charge in [-0.15, -0.1) is 0 Å². The number of aromatic carboxylic acids is 1. The Morgan fingerprint density at radius 3 is 2.46 bits per heavy atom. The molecule has 1 aliphatic rings. The van der Waals surface area contributed by atoms with Crippen LogP contribution in [-0.4, -0.2) is 44.8 Å². The SMILES string of the molecule is Cc1c(C(=O)O)cnn1C1CCN(C(=O)c2ccccc2Cl)CC1. The molecular formula is C17H18ClN3O3. The maximum absolute atomic E-state index is 12.6. The molecule has 0 bridgehead atoms. The van der Waals surface area contributed by atoms with Gasteiger partial charge in [0.05, 0.1) is 28.5 Å². The molecular weight excluding hydrogens is 330 g/mol. The van der Waals surface area contributed by atoms with E-state index in [2.05, 4.69) is 5.10 Å². The number of carboxylic acids is 1. The largest absolute Gasteiger partial charge is 0.478 e. The second-order valence-corrected chi connectivity index (χ2v) is 6.30. The molecule has 1 amide bonds. The van der Waals surface area contributed by atoms with Crippen molar-refractivity contribution in [2.45, 2.75) is 25.8 Å². The molecule has 0 unspecified atom stereocenters. The minimum absolute atomic E-state index is 0.0672. The summed E-state index contributed by atoms with van der Waals surface area (Å²) in [6, 6.07) is 7.14. The first-order valence-corrected chi connectivity index (χ1v) is 8.18. The van der Waals surface area contributed by atoms with Gasteiger partial charge in [0.1, 0.15) is 5.56 Å². The molecule has 0 atom stereocenters. The predicted octanol–water partition coefficient (Wildman–Crippen LogP) is 3.02. The Labute approximate surface area is 144 Å². The van der Waals surface area contributed by atoms with Crippen LogP contribution in [0.2, 0.25) is 5.02 Å². The van der Waals surface area contributed by atoms with Gasteiger partial charge in [0.2, 0.25) is 0 Å². The Kier molecular flexibility index (Phi) is 4.57. The molecule has 1 aliphatic heterocycles. The van der Waals surface area contributed by atoms with Gasteiger partial charge in [0, 0.05) is 13.1 Å². The predicted molar refractivity (Wildman–Crippen MR) is 89.5 cm³/mol. The van der Waals surface area contributed by atoms with Crippen LogP contribution in [0, 0.1) is 6.92 Å². The Morgan fingerprint density at radius 1 is 1.21 bits per heavy atom. The summed E-state index contributed by atoms with van der Waals surface area (Å²) in [5.74, 6) is -1.03. The van der Waals surface area contributed by atoms with Crippen molar-refractivity contribution >= 4 is 23.5 Å². The van der Waals surface area contributed by atoms with Gasteiger partial charge in [-0.1, -0.05) is 23.7 Å². The lowest BCUT2D eigenvalue weighted by Gasteiger charge is -2.32. The van der Waals surface area contributed by atoms with E-state index in [4.69, 9.17) is 16.7 Å². The lowest BCUT2D eigenvalue weighted by molar-refractivity contribution is 0.0688. The number of amides is 1. The summed E-state index contributed by atoms with van der Waals surface area (Å²) >= 11 is 6.10. The second-order valence-electron chi connectivity index (χ2n) is 5.90. The summed E-state index contributed by atoms with van der Waals surface area (Å²) in [6.07, 6.45) is 2.86. The third-order valence-corrected chi connectivity index (χ3v) is 4.81. The van der Waals surface area contributed by atoms with Gasteiger partial charge in [-0.05, 0) is 31.9 Å². The highest BCUT2D eigenvalue weighted by molar-refractivity contribution is 6.33. The first kappa shape index (κ1) is 16.5. The van der Waals surface area contributed by atoms with Crippen LogP contribution in [0.1, 0.15) is 45.3 Å². The molecule has 1 saturated heterocycles. The quantitative estimate of drug-likeness (QED) is 0.926. The minimum Gasteiger partial charge on any atom is -0.478 e. The molecule has 1 N–H and O–H groups in total. The number of piperidine rings is 1. The van der Waals surface area contributed by atoms with Gasteiger partial charge < -0.3 is 10.0 Å². The van der Waals surface area contributed by atoms with Crippen molar-refractivity contribution in [1.82, 2.24) is 14.7 Å². The van der Waals surface area contributed by atoms with Gasteiger partial charge in [-0.3, -0.25) is 9.48 Å². The molecule has 0 aliphatic carbocycles. The van der Waals surface area contributed by atoms with Crippen LogP contribution in [-0.2, 0) is 0 Å². The van der Waals surface area contributed by atoms with E-state index in [1.165, 1.54) is 6.20 Å². The highest BCUT2D eigenvalue weighted by Gasteiger charge is 2.27. The van der Waals surface area contributed by atoms with Crippen LogP contribution in [0.15, 0.2) is 30.5 Å². The van der Waals surface area contributed by atoms with Crippen molar-refractivity contribution in [1.29, 1.82) is 0 Å². The second kappa shape index (κ2) is 6.65. The Morgan fingerprint density at radius 2 is 1.88 bits per heavy atom. The van der Waals surface area contributed by atoms with Crippen molar-refractivity contribution in [3.05, 3.63) is 52.3 Å². The number of carbonyl (C=O) groups excluding carboxylic acids is 1. The topological polar surface area (TPSA) is 75.4 Å². The molecule has 7 heteroatoms. The summed E-state index contributed by atoms with van der Waals surface area (Å²) in [6.45, 7) is 2.95. The zero-order chi connectivity index (χ0) is 17.3. The van der Waals surface area contributed by atoms with E-state index in [0.717, 1.165) is 12.8 Å². The Hall–Kier alpha value is -2.34. The minimum atomic E-state index is -0.968. The molecule has 2 heterocycles. The number of likely N-dealkylation sites (tertiary alicyclic amines) is 1. The van der Waals surface area contributed by atoms with E-state index in [9.17, 15) is 9.59 Å². The van der Waals surface area contributed by atoms with Gasteiger partial charge in [0.15, 0.2) is 0 Å². The van der Waals surface area contributed by atoms with Crippen LogP contribution >= 0.6 is 11.6 Å². The smallest absolute Gasteiger partial charge is 0.339 e. The van der Waals surface area contributed by atoms with Gasteiger partial charge in [0.25, 0.3) is 5.91 Å². The third kappa shape index (κ3) is 3.01. The molecule has 1 fully saturated rings. The van der Waals surface area contributed by atoms with Crippen molar-refractivity contribution < 1.29 is 14.7 Å². The monoisotopic (exact) mass is 347 g/mol. The van der Waals surface area contributed by atoms with Gasteiger partial charge in [-0.2, -0.15) is 5.10 Å². The lowest BCUT2D eigenvalue weighted by atomic mass is 10.0. The van der Waals surface area contributed by atoms with E-state index in [1.807, 2.05) is 0 Å². The van der Waals surface area contributed by atoms with Gasteiger partial charge >= 0.3 is 5.97 Å². The van der Waals surface area contributed by atoms with E-state index >= 15 is 0 Å². The number of aromatic nitrogens is 2. The maximum Gasteiger partial charge on any atom is 0.339 e. The maximum atomic E-state index is 12.6. The molecule has 24 heavy (non-hydrogen) atoms. The van der Waals surface area contributed by atoms with Crippen LogP contribution in [0.5, 0.6) is 0 Å².